The van der Waals surface area contributed by atoms with E-state index in [4.69, 9.17) is 0 Å². The topological polar surface area (TPSA) is 15.8 Å². The Morgan fingerprint density at radius 3 is 2.50 bits per heavy atom. The third kappa shape index (κ3) is 1.02. The minimum Gasteiger partial charge on any atom is -0.335 e. The molecule has 0 aliphatic rings. The average molecular weight is 225 g/mol. The van der Waals surface area contributed by atoms with Crippen molar-refractivity contribution in [2.75, 3.05) is 0 Å². The van der Waals surface area contributed by atoms with Crippen LogP contribution < -0.4 is 0 Å². The van der Waals surface area contributed by atoms with Gasteiger partial charge in [-0.3, -0.25) is 0 Å². The molecule has 8 heavy (non-hydrogen) atoms. The molecule has 0 saturated carbocycles. The lowest BCUT2D eigenvalue weighted by atomic mass is 10.5. The first kappa shape index (κ1) is 6.07. The number of nitrogens with one attached hydrogen (secondary N) is 1. The normalized spacial score (nSPS) is 9.88. The fourth-order valence-electron chi connectivity index (χ4n) is 0.494. The summed E-state index contributed by atoms with van der Waals surface area (Å²) in [6.07, 6.45) is 0. The summed E-state index contributed by atoms with van der Waals surface area (Å²) in [5.41, 5.74) is 0.892. The number of hydrogen-bond donors (Lipinski definition) is 1. The van der Waals surface area contributed by atoms with Crippen LogP contribution in [0, 0.1) is 16.4 Å². The van der Waals surface area contributed by atoms with E-state index in [1.807, 2.05) is 6.92 Å². The van der Waals surface area contributed by atoms with Crippen LogP contribution in [0.15, 0.2) is 6.07 Å². The van der Waals surface area contributed by atoms with Crippen molar-refractivity contribution in [2.24, 2.45) is 0 Å². The predicted octanol–water partition coefficient (Wildman–Crippen LogP) is 2.07. The van der Waals surface area contributed by atoms with Gasteiger partial charge in [0.1, 0.15) is 0 Å². The van der Waals surface area contributed by atoms with Crippen molar-refractivity contribution in [2.45, 2.75) is 6.92 Å². The standard InChI is InChI=1S/C5H5FIN/c1-3-4(7)2-5(6)8-3/h2,8H,1H3. The number of rotatable bonds is 0. The van der Waals surface area contributed by atoms with Crippen molar-refractivity contribution < 1.29 is 4.39 Å². The molecule has 0 unspecified atom stereocenters. The monoisotopic (exact) mass is 225 g/mol. The number of hydrogen-bond acceptors (Lipinski definition) is 0. The van der Waals surface area contributed by atoms with Crippen molar-refractivity contribution in [3.05, 3.63) is 21.3 Å². The van der Waals surface area contributed by atoms with Crippen LogP contribution in [0.4, 0.5) is 4.39 Å². The number of aryl methyl sites for hydroxylation is 1. The summed E-state index contributed by atoms with van der Waals surface area (Å²) in [5.74, 6) is -0.257. The molecule has 44 valence electrons. The van der Waals surface area contributed by atoms with Crippen molar-refractivity contribution >= 4 is 22.6 Å². The van der Waals surface area contributed by atoms with Gasteiger partial charge in [0.2, 0.25) is 0 Å². The lowest BCUT2D eigenvalue weighted by Gasteiger charge is -1.79. The Labute approximate surface area is 60.4 Å². The van der Waals surface area contributed by atoms with Crippen LogP contribution in [0.2, 0.25) is 0 Å². The smallest absolute Gasteiger partial charge is 0.192 e. The van der Waals surface area contributed by atoms with Crippen LogP contribution in [-0.4, -0.2) is 4.98 Å². The van der Waals surface area contributed by atoms with Gasteiger partial charge in [-0.15, -0.1) is 0 Å². The Kier molecular flexibility index (Phi) is 1.55. The van der Waals surface area contributed by atoms with Gasteiger partial charge in [-0.1, -0.05) is 0 Å². The van der Waals surface area contributed by atoms with E-state index in [0.717, 1.165) is 9.26 Å². The van der Waals surface area contributed by atoms with E-state index in [9.17, 15) is 4.39 Å². The number of halogens is 2. The lowest BCUT2D eigenvalue weighted by Crippen LogP contribution is -1.71. The summed E-state index contributed by atoms with van der Waals surface area (Å²) in [4.78, 5) is 2.53. The molecule has 0 aromatic carbocycles. The summed E-state index contributed by atoms with van der Waals surface area (Å²) in [7, 11) is 0. The number of aromatic amines is 1. The second-order valence-corrected chi connectivity index (χ2v) is 2.75. The molecule has 0 atom stereocenters. The summed E-state index contributed by atoms with van der Waals surface area (Å²) in [5, 5.41) is 0. The third-order valence-electron chi connectivity index (χ3n) is 0.919. The van der Waals surface area contributed by atoms with E-state index < -0.39 is 0 Å². The highest BCUT2D eigenvalue weighted by atomic mass is 127. The zero-order valence-electron chi connectivity index (χ0n) is 4.33. The Morgan fingerprint density at radius 2 is 2.38 bits per heavy atom. The van der Waals surface area contributed by atoms with Gasteiger partial charge >= 0.3 is 0 Å². The van der Waals surface area contributed by atoms with Crippen LogP contribution in [0.25, 0.3) is 0 Å². The second kappa shape index (κ2) is 2.05. The number of aromatic nitrogens is 1. The van der Waals surface area contributed by atoms with Gasteiger partial charge in [-0.25, -0.2) is 0 Å². The molecule has 0 amide bonds. The molecule has 1 aromatic heterocycles. The molecule has 1 nitrogen and oxygen atoms in total. The Balaban J connectivity index is 3.14. The van der Waals surface area contributed by atoms with E-state index in [1.54, 1.807) is 0 Å². The fourth-order valence-corrected chi connectivity index (χ4v) is 0.903. The molecule has 1 N–H and O–H groups in total. The Bertz CT molecular complexity index is 175. The third-order valence-corrected chi connectivity index (χ3v) is 2.04. The first-order valence-electron chi connectivity index (χ1n) is 2.21. The van der Waals surface area contributed by atoms with E-state index >= 15 is 0 Å². The van der Waals surface area contributed by atoms with E-state index in [2.05, 4.69) is 27.6 Å². The SMILES string of the molecule is Cc1[nH]c(F)cc1I. The Morgan fingerprint density at radius 1 is 1.75 bits per heavy atom. The molecule has 0 saturated heterocycles. The maximum Gasteiger partial charge on any atom is 0.192 e. The molecule has 0 bridgehead atoms. The van der Waals surface area contributed by atoms with Crippen LogP contribution in [0.5, 0.6) is 0 Å². The summed E-state index contributed by atoms with van der Waals surface area (Å²) < 4.78 is 13.1. The summed E-state index contributed by atoms with van der Waals surface area (Å²) >= 11 is 2.07. The van der Waals surface area contributed by atoms with Gasteiger partial charge < -0.3 is 4.98 Å². The molecule has 0 aliphatic heterocycles. The molecule has 1 rings (SSSR count). The van der Waals surface area contributed by atoms with E-state index in [0.29, 0.717) is 0 Å². The van der Waals surface area contributed by atoms with Crippen LogP contribution >= 0.6 is 22.6 Å². The van der Waals surface area contributed by atoms with Gasteiger partial charge in [-0.2, -0.15) is 4.39 Å². The average Bonchev–Trinajstić information content (AvgIpc) is 1.85. The highest BCUT2D eigenvalue weighted by Gasteiger charge is 1.97. The van der Waals surface area contributed by atoms with Crippen LogP contribution in [0.3, 0.4) is 0 Å². The highest BCUT2D eigenvalue weighted by Crippen LogP contribution is 2.10. The highest BCUT2D eigenvalue weighted by molar-refractivity contribution is 14.1. The second-order valence-electron chi connectivity index (χ2n) is 1.59. The molecule has 1 heterocycles. The minimum absolute atomic E-state index is 0.257. The molecule has 0 fully saturated rings. The molecule has 0 aliphatic carbocycles. The number of H-pyrrole nitrogens is 1. The first-order valence-corrected chi connectivity index (χ1v) is 3.28. The zero-order chi connectivity index (χ0) is 6.15. The van der Waals surface area contributed by atoms with E-state index in [1.165, 1.54) is 6.07 Å². The predicted molar refractivity (Wildman–Crippen MR) is 38.2 cm³/mol. The van der Waals surface area contributed by atoms with Crippen molar-refractivity contribution in [3.8, 4) is 0 Å². The quantitative estimate of drug-likeness (QED) is 0.650. The molecule has 0 spiro atoms. The van der Waals surface area contributed by atoms with Crippen LogP contribution in [0.1, 0.15) is 5.69 Å². The van der Waals surface area contributed by atoms with Crippen molar-refractivity contribution in [1.82, 2.24) is 4.98 Å². The van der Waals surface area contributed by atoms with Crippen molar-refractivity contribution in [3.63, 3.8) is 0 Å². The molecule has 0 radical (unpaired) electrons. The van der Waals surface area contributed by atoms with Gasteiger partial charge in [0, 0.05) is 15.3 Å². The summed E-state index contributed by atoms with van der Waals surface area (Å²) in [6.45, 7) is 1.84. The maximum absolute atomic E-state index is 12.1. The van der Waals surface area contributed by atoms with Crippen molar-refractivity contribution in [1.29, 1.82) is 0 Å². The largest absolute Gasteiger partial charge is 0.335 e. The molecule has 1 aromatic rings. The Hall–Kier alpha value is -0.0600. The fraction of sp³-hybridized carbons (Fsp3) is 0.200. The summed E-state index contributed by atoms with van der Waals surface area (Å²) in [6, 6.07) is 1.47. The van der Waals surface area contributed by atoms with Gasteiger partial charge in [0.25, 0.3) is 0 Å². The lowest BCUT2D eigenvalue weighted by molar-refractivity contribution is 0.589. The van der Waals surface area contributed by atoms with Gasteiger partial charge in [0.15, 0.2) is 5.95 Å². The molecular formula is C5H5FIN. The van der Waals surface area contributed by atoms with Gasteiger partial charge in [-0.05, 0) is 29.5 Å². The molecular weight excluding hydrogens is 220 g/mol. The van der Waals surface area contributed by atoms with Crippen LogP contribution in [-0.2, 0) is 0 Å². The molecule has 3 heteroatoms. The van der Waals surface area contributed by atoms with Gasteiger partial charge in [0.05, 0.1) is 0 Å². The zero-order valence-corrected chi connectivity index (χ0v) is 6.49. The minimum atomic E-state index is -0.257. The van der Waals surface area contributed by atoms with E-state index in [-0.39, 0.29) is 5.95 Å². The first-order chi connectivity index (χ1) is 3.70. The maximum atomic E-state index is 12.1.